The number of sulfone groups is 1. The van der Waals surface area contributed by atoms with Crippen LogP contribution in [0.15, 0.2) is 48.5 Å². The molecule has 1 fully saturated rings. The molecule has 0 aliphatic carbocycles. The van der Waals surface area contributed by atoms with Crippen LogP contribution in [0.1, 0.15) is 23.6 Å². The molecule has 1 amide bonds. The molecule has 7 heteroatoms. The Morgan fingerprint density at radius 2 is 1.81 bits per heavy atom. The lowest BCUT2D eigenvalue weighted by molar-refractivity contribution is -0.125. The molecular weight excluding hydrogens is 360 g/mol. The van der Waals surface area contributed by atoms with Crippen LogP contribution in [0, 0.1) is 17.6 Å². The minimum Gasteiger partial charge on any atom is -0.349 e. The summed E-state index contributed by atoms with van der Waals surface area (Å²) in [5, 5.41) is 2.82. The molecular formula is C19H19F2NO3S. The van der Waals surface area contributed by atoms with E-state index in [1.54, 1.807) is 18.2 Å². The highest BCUT2D eigenvalue weighted by Crippen LogP contribution is 2.23. The van der Waals surface area contributed by atoms with Crippen LogP contribution >= 0.6 is 0 Å². The van der Waals surface area contributed by atoms with Crippen LogP contribution in [-0.4, -0.2) is 25.8 Å². The summed E-state index contributed by atoms with van der Waals surface area (Å²) in [6, 6.07) is 11.2. The first-order valence-corrected chi connectivity index (χ1v) is 10.2. The number of rotatable bonds is 5. The van der Waals surface area contributed by atoms with E-state index >= 15 is 0 Å². The van der Waals surface area contributed by atoms with Crippen molar-refractivity contribution >= 4 is 15.7 Å². The smallest absolute Gasteiger partial charge is 0.224 e. The van der Waals surface area contributed by atoms with Crippen LogP contribution in [0.5, 0.6) is 0 Å². The van der Waals surface area contributed by atoms with Crippen molar-refractivity contribution in [2.45, 2.75) is 18.9 Å². The average Bonchev–Trinajstić information content (AvgIpc) is 2.94. The molecule has 0 aromatic heterocycles. The topological polar surface area (TPSA) is 63.2 Å². The number of carbonyl (C=O) groups is 1. The number of carbonyl (C=O) groups excluding carboxylic acids is 1. The van der Waals surface area contributed by atoms with Crippen molar-refractivity contribution < 1.29 is 22.0 Å². The number of hydrogen-bond donors (Lipinski definition) is 1. The zero-order valence-corrected chi connectivity index (χ0v) is 14.8. The fourth-order valence-electron chi connectivity index (χ4n) is 3.17. The fraction of sp³-hybridized carbons (Fsp3) is 0.316. The molecule has 0 unspecified atom stereocenters. The van der Waals surface area contributed by atoms with Crippen molar-refractivity contribution in [2.75, 3.05) is 11.5 Å². The molecule has 4 nitrogen and oxygen atoms in total. The van der Waals surface area contributed by atoms with Gasteiger partial charge in [0, 0.05) is 0 Å². The first kappa shape index (κ1) is 18.5. The minimum atomic E-state index is -3.18. The second-order valence-electron chi connectivity index (χ2n) is 6.55. The van der Waals surface area contributed by atoms with E-state index in [-0.39, 0.29) is 30.3 Å². The molecule has 1 aliphatic rings. The number of hydrogen-bond acceptors (Lipinski definition) is 3. The molecule has 138 valence electrons. The van der Waals surface area contributed by atoms with Crippen molar-refractivity contribution in [2.24, 2.45) is 5.92 Å². The highest BCUT2D eigenvalue weighted by Gasteiger charge is 2.34. The molecule has 0 bridgehead atoms. The summed E-state index contributed by atoms with van der Waals surface area (Å²) in [6.07, 6.45) is 0.552. The molecule has 2 aromatic rings. The van der Waals surface area contributed by atoms with E-state index in [1.807, 2.05) is 0 Å². The summed E-state index contributed by atoms with van der Waals surface area (Å²) >= 11 is 0. The monoisotopic (exact) mass is 379 g/mol. The van der Waals surface area contributed by atoms with E-state index in [1.165, 1.54) is 30.3 Å². The second kappa shape index (κ2) is 7.53. The van der Waals surface area contributed by atoms with Gasteiger partial charge in [0.05, 0.1) is 23.5 Å². The summed E-state index contributed by atoms with van der Waals surface area (Å²) in [5.41, 5.74) is 1.20. The number of benzene rings is 2. The molecule has 26 heavy (non-hydrogen) atoms. The molecule has 0 spiro atoms. The van der Waals surface area contributed by atoms with Gasteiger partial charge in [-0.1, -0.05) is 24.3 Å². The second-order valence-corrected chi connectivity index (χ2v) is 8.78. The highest BCUT2D eigenvalue weighted by molar-refractivity contribution is 7.91. The van der Waals surface area contributed by atoms with Gasteiger partial charge < -0.3 is 5.32 Å². The maximum absolute atomic E-state index is 13.6. The average molecular weight is 379 g/mol. The molecule has 1 N–H and O–H groups in total. The van der Waals surface area contributed by atoms with Crippen LogP contribution in [0.2, 0.25) is 0 Å². The largest absolute Gasteiger partial charge is 0.349 e. The maximum atomic E-state index is 13.6. The summed E-state index contributed by atoms with van der Waals surface area (Å²) < 4.78 is 50.3. The third kappa shape index (κ3) is 4.66. The number of amides is 1. The van der Waals surface area contributed by atoms with Gasteiger partial charge in [-0.05, 0) is 48.2 Å². The van der Waals surface area contributed by atoms with Crippen LogP contribution in [0.4, 0.5) is 8.78 Å². The Labute approximate surface area is 151 Å². The molecule has 1 aliphatic heterocycles. The van der Waals surface area contributed by atoms with Gasteiger partial charge in [-0.2, -0.15) is 0 Å². The van der Waals surface area contributed by atoms with Crippen LogP contribution in [0.25, 0.3) is 0 Å². The van der Waals surface area contributed by atoms with E-state index in [4.69, 9.17) is 0 Å². The molecule has 1 heterocycles. The van der Waals surface area contributed by atoms with Crippen molar-refractivity contribution in [3.63, 3.8) is 0 Å². The third-order valence-electron chi connectivity index (χ3n) is 4.50. The molecule has 1 saturated heterocycles. The van der Waals surface area contributed by atoms with E-state index in [0.29, 0.717) is 11.1 Å². The van der Waals surface area contributed by atoms with E-state index < -0.39 is 33.4 Å². The highest BCUT2D eigenvalue weighted by atomic mass is 32.2. The van der Waals surface area contributed by atoms with Gasteiger partial charge in [-0.15, -0.1) is 0 Å². The van der Waals surface area contributed by atoms with Gasteiger partial charge in [0.15, 0.2) is 9.84 Å². The van der Waals surface area contributed by atoms with Gasteiger partial charge >= 0.3 is 0 Å². The molecule has 2 atom stereocenters. The van der Waals surface area contributed by atoms with Gasteiger partial charge in [-0.25, -0.2) is 17.2 Å². The van der Waals surface area contributed by atoms with Gasteiger partial charge in [0.25, 0.3) is 0 Å². The number of nitrogens with one attached hydrogen (secondary N) is 1. The Hall–Kier alpha value is -2.28. The first-order chi connectivity index (χ1) is 12.3. The molecule has 3 rings (SSSR count). The van der Waals surface area contributed by atoms with Gasteiger partial charge in [0.2, 0.25) is 5.91 Å². The lowest BCUT2D eigenvalue weighted by Gasteiger charge is -2.21. The summed E-state index contributed by atoms with van der Waals surface area (Å²) in [7, 11) is -3.18. The summed E-state index contributed by atoms with van der Waals surface area (Å²) in [5.74, 6) is -1.99. The lowest BCUT2D eigenvalue weighted by Crippen LogP contribution is -2.35. The predicted molar refractivity (Wildman–Crippen MR) is 94.1 cm³/mol. The van der Waals surface area contributed by atoms with E-state index in [9.17, 15) is 22.0 Å². The normalized spacial score (nSPS) is 19.8. The van der Waals surface area contributed by atoms with Crippen molar-refractivity contribution in [1.29, 1.82) is 0 Å². The van der Waals surface area contributed by atoms with Gasteiger partial charge in [-0.3, -0.25) is 4.79 Å². The molecule has 2 aromatic carbocycles. The Kier molecular flexibility index (Phi) is 5.36. The van der Waals surface area contributed by atoms with E-state index in [0.717, 1.165) is 0 Å². The Morgan fingerprint density at radius 1 is 1.12 bits per heavy atom. The zero-order valence-electron chi connectivity index (χ0n) is 14.0. The summed E-state index contributed by atoms with van der Waals surface area (Å²) in [4.78, 5) is 12.5. The SMILES string of the molecule is O=C(N[C@@H](Cc1cccc(F)c1)c1cccc(F)c1)[C@H]1CCS(=O)(=O)C1. The Morgan fingerprint density at radius 3 is 2.42 bits per heavy atom. The van der Waals surface area contributed by atoms with Crippen molar-refractivity contribution in [3.8, 4) is 0 Å². The van der Waals surface area contributed by atoms with Crippen molar-refractivity contribution in [3.05, 3.63) is 71.3 Å². The molecule has 0 radical (unpaired) electrons. The lowest BCUT2D eigenvalue weighted by atomic mass is 9.97. The zero-order chi connectivity index (χ0) is 18.7. The van der Waals surface area contributed by atoms with Gasteiger partial charge in [0.1, 0.15) is 11.6 Å². The predicted octanol–water partition coefficient (Wildman–Crippen LogP) is 2.80. The standard InChI is InChI=1S/C19H19F2NO3S/c20-16-5-1-3-13(9-16)10-18(14-4-2-6-17(21)11-14)22-19(23)15-7-8-26(24,25)12-15/h1-6,9,11,15,18H,7-8,10,12H2,(H,22,23)/t15-,18-/m0/s1. The fourth-order valence-corrected chi connectivity index (χ4v) is 4.91. The quantitative estimate of drug-likeness (QED) is 0.869. The van der Waals surface area contributed by atoms with Crippen LogP contribution < -0.4 is 5.32 Å². The minimum absolute atomic E-state index is 0.000382. The molecule has 0 saturated carbocycles. The Bertz CT molecular complexity index is 915. The number of halogens is 2. The van der Waals surface area contributed by atoms with E-state index in [2.05, 4.69) is 5.32 Å². The maximum Gasteiger partial charge on any atom is 0.224 e. The van der Waals surface area contributed by atoms with Crippen LogP contribution in [0.3, 0.4) is 0 Å². The third-order valence-corrected chi connectivity index (χ3v) is 6.27. The van der Waals surface area contributed by atoms with Crippen LogP contribution in [-0.2, 0) is 21.1 Å². The Balaban J connectivity index is 1.82. The van der Waals surface area contributed by atoms with Crippen molar-refractivity contribution in [1.82, 2.24) is 5.32 Å². The first-order valence-electron chi connectivity index (χ1n) is 8.33. The summed E-state index contributed by atoms with van der Waals surface area (Å²) in [6.45, 7) is 0.